The molecule has 0 saturated carbocycles. The summed E-state index contributed by atoms with van der Waals surface area (Å²) in [5.74, 6) is 0. The molecule has 0 amide bonds. The summed E-state index contributed by atoms with van der Waals surface area (Å²) in [5.41, 5.74) is 1.96. The first kappa shape index (κ1) is 17.7. The molecule has 2 heterocycles. The highest BCUT2D eigenvalue weighted by molar-refractivity contribution is 8.14. The standard InChI is InChI=1S/C17H24N2O4S/c1-9-4-6-11(7-5-9)8-22-10(2)15-14(21)13(20)12-16(23-15)24-17(18-3)19-12/h4-7,10,12-16,20-21H,8H2,1-3H3,(H,18,19)/t10-,12+,13+,14-,15+,16+/m0/s1. The summed E-state index contributed by atoms with van der Waals surface area (Å²) in [6, 6.07) is 7.66. The number of benzene rings is 1. The Morgan fingerprint density at radius 1 is 1.29 bits per heavy atom. The monoisotopic (exact) mass is 352 g/mol. The van der Waals surface area contributed by atoms with E-state index in [1.54, 1.807) is 7.05 Å². The largest absolute Gasteiger partial charge is 0.388 e. The quantitative estimate of drug-likeness (QED) is 0.751. The Morgan fingerprint density at radius 3 is 2.67 bits per heavy atom. The maximum atomic E-state index is 10.4. The fraction of sp³-hybridized carbons (Fsp3) is 0.588. The van der Waals surface area contributed by atoms with Crippen LogP contribution in [0.3, 0.4) is 0 Å². The third kappa shape index (κ3) is 3.60. The van der Waals surface area contributed by atoms with Gasteiger partial charge in [-0.2, -0.15) is 0 Å². The molecular formula is C17H24N2O4S. The molecule has 6 atom stereocenters. The van der Waals surface area contributed by atoms with E-state index in [1.807, 2.05) is 38.1 Å². The van der Waals surface area contributed by atoms with Gasteiger partial charge >= 0.3 is 0 Å². The van der Waals surface area contributed by atoms with E-state index < -0.39 is 24.4 Å². The van der Waals surface area contributed by atoms with Gasteiger partial charge in [0.15, 0.2) is 5.17 Å². The summed E-state index contributed by atoms with van der Waals surface area (Å²) in [5, 5.41) is 24.4. The molecule has 1 aromatic carbocycles. The Labute approximate surface area is 146 Å². The maximum absolute atomic E-state index is 10.4. The summed E-state index contributed by atoms with van der Waals surface area (Å²) < 4.78 is 11.8. The predicted octanol–water partition coefficient (Wildman–Crippen LogP) is 1.04. The first-order chi connectivity index (χ1) is 11.5. The van der Waals surface area contributed by atoms with Gasteiger partial charge in [-0.25, -0.2) is 0 Å². The second kappa shape index (κ2) is 7.41. The molecule has 6 nitrogen and oxygen atoms in total. The Balaban J connectivity index is 1.61. The zero-order valence-corrected chi connectivity index (χ0v) is 14.9. The Hall–Kier alpha value is -1.12. The van der Waals surface area contributed by atoms with Crippen molar-refractivity contribution in [3.8, 4) is 0 Å². The van der Waals surface area contributed by atoms with Crippen LogP contribution in [0, 0.1) is 6.92 Å². The summed E-state index contributed by atoms with van der Waals surface area (Å²) in [6.45, 7) is 4.33. The van der Waals surface area contributed by atoms with Crippen LogP contribution in [0.1, 0.15) is 18.1 Å². The van der Waals surface area contributed by atoms with Crippen molar-refractivity contribution in [2.24, 2.45) is 4.99 Å². The van der Waals surface area contributed by atoms with Crippen molar-refractivity contribution in [1.82, 2.24) is 5.32 Å². The number of hydrogen-bond donors (Lipinski definition) is 3. The summed E-state index contributed by atoms with van der Waals surface area (Å²) >= 11 is 1.43. The van der Waals surface area contributed by atoms with Crippen LogP contribution in [-0.4, -0.2) is 58.3 Å². The molecule has 0 aliphatic carbocycles. The molecule has 132 valence electrons. The number of amidine groups is 1. The lowest BCUT2D eigenvalue weighted by Crippen LogP contribution is -2.58. The number of aryl methyl sites for hydroxylation is 1. The van der Waals surface area contributed by atoms with Gasteiger partial charge in [0.2, 0.25) is 0 Å². The van der Waals surface area contributed by atoms with Gasteiger partial charge in [-0.15, -0.1) is 0 Å². The molecule has 0 spiro atoms. The van der Waals surface area contributed by atoms with Crippen molar-refractivity contribution in [3.05, 3.63) is 35.4 Å². The highest BCUT2D eigenvalue weighted by Gasteiger charge is 2.49. The van der Waals surface area contributed by atoms with Crippen molar-refractivity contribution < 1.29 is 19.7 Å². The zero-order chi connectivity index (χ0) is 17.3. The minimum atomic E-state index is -1.03. The molecule has 0 aromatic heterocycles. The molecular weight excluding hydrogens is 328 g/mol. The Kier molecular flexibility index (Phi) is 5.46. The van der Waals surface area contributed by atoms with Gasteiger partial charge in [-0.05, 0) is 19.4 Å². The second-order valence-corrected chi connectivity index (χ2v) is 7.33. The molecule has 1 aromatic rings. The lowest BCUT2D eigenvalue weighted by atomic mass is 9.95. The lowest BCUT2D eigenvalue weighted by molar-refractivity contribution is -0.193. The van der Waals surface area contributed by atoms with E-state index in [2.05, 4.69) is 10.3 Å². The number of aliphatic imine (C=N–C) groups is 1. The fourth-order valence-electron chi connectivity index (χ4n) is 2.90. The number of nitrogens with zero attached hydrogens (tertiary/aromatic N) is 1. The van der Waals surface area contributed by atoms with Crippen LogP contribution in [0.2, 0.25) is 0 Å². The number of hydrogen-bond acceptors (Lipinski definition) is 7. The first-order valence-electron chi connectivity index (χ1n) is 8.10. The van der Waals surface area contributed by atoms with Crippen molar-refractivity contribution in [2.75, 3.05) is 7.05 Å². The smallest absolute Gasteiger partial charge is 0.159 e. The SMILES string of the molecule is CNC1=N[C@@H]2[C@@H](O)[C@H](O)[C@@H]([C@H](C)OCc3ccc(C)cc3)O[C@@H]2S1. The zero-order valence-electron chi connectivity index (χ0n) is 14.0. The number of rotatable bonds is 4. The van der Waals surface area contributed by atoms with Crippen LogP contribution in [0.15, 0.2) is 29.3 Å². The third-order valence-corrected chi connectivity index (χ3v) is 5.57. The highest BCUT2D eigenvalue weighted by Crippen LogP contribution is 2.37. The van der Waals surface area contributed by atoms with Gasteiger partial charge in [0.1, 0.15) is 29.8 Å². The molecule has 3 N–H and O–H groups in total. The van der Waals surface area contributed by atoms with Crippen molar-refractivity contribution >= 4 is 16.9 Å². The van der Waals surface area contributed by atoms with E-state index in [0.717, 1.165) is 5.56 Å². The van der Waals surface area contributed by atoms with Crippen LogP contribution < -0.4 is 5.32 Å². The van der Waals surface area contributed by atoms with Gasteiger partial charge in [-0.1, -0.05) is 41.6 Å². The first-order valence-corrected chi connectivity index (χ1v) is 8.98. The molecule has 0 unspecified atom stereocenters. The summed E-state index contributed by atoms with van der Waals surface area (Å²) in [6.07, 6.45) is -2.93. The van der Waals surface area contributed by atoms with Gasteiger partial charge < -0.3 is 25.0 Å². The summed E-state index contributed by atoms with van der Waals surface area (Å²) in [7, 11) is 1.77. The molecule has 7 heteroatoms. The van der Waals surface area contributed by atoms with Crippen LogP contribution in [0.25, 0.3) is 0 Å². The Morgan fingerprint density at radius 2 is 2.00 bits per heavy atom. The van der Waals surface area contributed by atoms with Crippen molar-refractivity contribution in [3.63, 3.8) is 0 Å². The van der Waals surface area contributed by atoms with E-state index in [0.29, 0.717) is 11.8 Å². The maximum Gasteiger partial charge on any atom is 0.159 e. The number of thioether (sulfide) groups is 1. The van der Waals surface area contributed by atoms with Gasteiger partial charge in [0.05, 0.1) is 12.7 Å². The number of nitrogens with one attached hydrogen (secondary N) is 1. The average molecular weight is 352 g/mol. The number of ether oxygens (including phenoxy) is 2. The normalized spacial score (nSPS) is 33.7. The van der Waals surface area contributed by atoms with Crippen LogP contribution in [-0.2, 0) is 16.1 Å². The van der Waals surface area contributed by atoms with Gasteiger partial charge in [-0.3, -0.25) is 4.99 Å². The number of aliphatic hydroxyl groups is 2. The molecule has 3 rings (SSSR count). The molecule has 1 saturated heterocycles. The lowest BCUT2D eigenvalue weighted by Gasteiger charge is -2.40. The highest BCUT2D eigenvalue weighted by atomic mass is 32.2. The Bertz CT molecular complexity index is 595. The van der Waals surface area contributed by atoms with Gasteiger partial charge in [0.25, 0.3) is 0 Å². The van der Waals surface area contributed by atoms with Crippen LogP contribution >= 0.6 is 11.8 Å². The fourth-order valence-corrected chi connectivity index (χ4v) is 3.97. The average Bonchev–Trinajstić information content (AvgIpc) is 3.01. The molecule has 2 aliphatic rings. The van der Waals surface area contributed by atoms with Crippen molar-refractivity contribution in [2.45, 2.75) is 56.3 Å². The third-order valence-electron chi connectivity index (χ3n) is 4.41. The van der Waals surface area contributed by atoms with E-state index in [4.69, 9.17) is 9.47 Å². The van der Waals surface area contributed by atoms with E-state index in [9.17, 15) is 10.2 Å². The number of aliphatic hydroxyl groups excluding tert-OH is 2. The number of fused-ring (bicyclic) bond motifs is 1. The molecule has 24 heavy (non-hydrogen) atoms. The second-order valence-electron chi connectivity index (χ2n) is 6.24. The van der Waals surface area contributed by atoms with Gasteiger partial charge in [0, 0.05) is 7.05 Å². The molecule has 2 aliphatic heterocycles. The predicted molar refractivity (Wildman–Crippen MR) is 94.0 cm³/mol. The van der Waals surface area contributed by atoms with Crippen LogP contribution in [0.4, 0.5) is 0 Å². The minimum Gasteiger partial charge on any atom is -0.388 e. The molecule has 0 radical (unpaired) electrons. The van der Waals surface area contributed by atoms with E-state index >= 15 is 0 Å². The van der Waals surface area contributed by atoms with E-state index in [-0.39, 0.29) is 11.5 Å². The van der Waals surface area contributed by atoms with E-state index in [1.165, 1.54) is 17.3 Å². The minimum absolute atomic E-state index is 0.304. The molecule has 0 bridgehead atoms. The summed E-state index contributed by atoms with van der Waals surface area (Å²) in [4.78, 5) is 4.35. The topological polar surface area (TPSA) is 83.3 Å². The molecule has 1 fully saturated rings. The van der Waals surface area contributed by atoms with Crippen LogP contribution in [0.5, 0.6) is 0 Å². The van der Waals surface area contributed by atoms with Crippen molar-refractivity contribution in [1.29, 1.82) is 0 Å².